The number of halogens is 4. The van der Waals surface area contributed by atoms with Gasteiger partial charge in [0.25, 0.3) is 0 Å². The van der Waals surface area contributed by atoms with Gasteiger partial charge >= 0.3 is 6.18 Å². The van der Waals surface area contributed by atoms with Gasteiger partial charge in [-0.15, -0.1) is 0 Å². The zero-order valence-electron chi connectivity index (χ0n) is 5.50. The van der Waals surface area contributed by atoms with Crippen LogP contribution in [0.5, 0.6) is 0 Å². The van der Waals surface area contributed by atoms with E-state index in [1.165, 1.54) is 6.92 Å². The fourth-order valence-electron chi connectivity index (χ4n) is 0.405. The summed E-state index contributed by atoms with van der Waals surface area (Å²) >= 11 is 0. The summed E-state index contributed by atoms with van der Waals surface area (Å²) in [6, 6.07) is 0. The van der Waals surface area contributed by atoms with Gasteiger partial charge in [0.05, 0.1) is 5.83 Å². The van der Waals surface area contributed by atoms with Gasteiger partial charge < -0.3 is 0 Å². The SMILES string of the molecule is C/C=C(/F)CCC(F)(F)F. The van der Waals surface area contributed by atoms with Gasteiger partial charge in [0, 0.05) is 12.8 Å². The van der Waals surface area contributed by atoms with Crippen molar-refractivity contribution in [2.45, 2.75) is 25.9 Å². The van der Waals surface area contributed by atoms with Gasteiger partial charge in [0.1, 0.15) is 0 Å². The molecule has 0 unspecified atom stereocenters. The van der Waals surface area contributed by atoms with Crippen LogP contribution in [0.3, 0.4) is 0 Å². The molecule has 0 aliphatic carbocycles. The van der Waals surface area contributed by atoms with Crippen molar-refractivity contribution in [3.63, 3.8) is 0 Å². The molecule has 0 saturated carbocycles. The van der Waals surface area contributed by atoms with Crippen LogP contribution in [0.1, 0.15) is 19.8 Å². The summed E-state index contributed by atoms with van der Waals surface area (Å²) in [5.74, 6) is -0.711. The Morgan fingerprint density at radius 2 is 1.90 bits per heavy atom. The zero-order valence-corrected chi connectivity index (χ0v) is 5.50. The highest BCUT2D eigenvalue weighted by atomic mass is 19.4. The van der Waals surface area contributed by atoms with Crippen LogP contribution in [-0.2, 0) is 0 Å². The number of rotatable bonds is 2. The molecule has 0 radical (unpaired) electrons. The van der Waals surface area contributed by atoms with E-state index in [-0.39, 0.29) is 0 Å². The van der Waals surface area contributed by atoms with Gasteiger partial charge in [0.2, 0.25) is 0 Å². The van der Waals surface area contributed by atoms with Gasteiger partial charge in [-0.1, -0.05) is 6.08 Å². The van der Waals surface area contributed by atoms with E-state index < -0.39 is 24.8 Å². The van der Waals surface area contributed by atoms with Crippen molar-refractivity contribution in [3.8, 4) is 0 Å². The zero-order chi connectivity index (χ0) is 8.20. The van der Waals surface area contributed by atoms with Gasteiger partial charge in [-0.05, 0) is 6.92 Å². The minimum atomic E-state index is -4.25. The molecule has 0 aliphatic heterocycles. The molecule has 0 aliphatic rings. The Labute approximate surface area is 56.5 Å². The molecule has 0 bridgehead atoms. The Balaban J connectivity index is 3.56. The van der Waals surface area contributed by atoms with Crippen LogP contribution in [0.25, 0.3) is 0 Å². The third-order valence-corrected chi connectivity index (χ3v) is 0.961. The van der Waals surface area contributed by atoms with Crippen LogP contribution in [0.15, 0.2) is 11.9 Å². The molecule has 0 heterocycles. The first-order valence-electron chi connectivity index (χ1n) is 2.83. The average Bonchev–Trinajstić information content (AvgIpc) is 1.81. The minimum Gasteiger partial charge on any atom is -0.212 e. The monoisotopic (exact) mass is 156 g/mol. The van der Waals surface area contributed by atoms with E-state index in [4.69, 9.17) is 0 Å². The summed E-state index contributed by atoms with van der Waals surface area (Å²) in [6.45, 7) is 1.37. The third kappa shape index (κ3) is 5.59. The summed E-state index contributed by atoms with van der Waals surface area (Å²) in [6.07, 6.45) is -4.84. The average molecular weight is 156 g/mol. The molecule has 0 aromatic heterocycles. The molecule has 0 fully saturated rings. The number of hydrogen-bond acceptors (Lipinski definition) is 0. The molecular weight excluding hydrogens is 148 g/mol. The Morgan fingerprint density at radius 3 is 2.20 bits per heavy atom. The second-order valence-electron chi connectivity index (χ2n) is 1.85. The Kier molecular flexibility index (Phi) is 3.39. The van der Waals surface area contributed by atoms with Crippen molar-refractivity contribution in [2.24, 2.45) is 0 Å². The molecule has 0 N–H and O–H groups in total. The standard InChI is InChI=1S/C6H8F4/c1-2-5(7)3-4-6(8,9)10/h2H,3-4H2,1H3/b5-2+. The molecule has 0 aromatic rings. The van der Waals surface area contributed by atoms with Gasteiger partial charge in [-0.3, -0.25) is 0 Å². The highest BCUT2D eigenvalue weighted by Gasteiger charge is 2.26. The first-order chi connectivity index (χ1) is 4.45. The van der Waals surface area contributed by atoms with E-state index in [2.05, 4.69) is 0 Å². The maximum atomic E-state index is 12.0. The Morgan fingerprint density at radius 1 is 1.40 bits per heavy atom. The normalized spacial score (nSPS) is 13.9. The first-order valence-corrected chi connectivity index (χ1v) is 2.83. The summed E-state index contributed by atoms with van der Waals surface area (Å²) in [7, 11) is 0. The van der Waals surface area contributed by atoms with Crippen molar-refractivity contribution < 1.29 is 17.6 Å². The topological polar surface area (TPSA) is 0 Å². The van der Waals surface area contributed by atoms with Crippen LogP contribution >= 0.6 is 0 Å². The van der Waals surface area contributed by atoms with Crippen molar-refractivity contribution in [1.82, 2.24) is 0 Å². The molecular formula is C6H8F4. The highest BCUT2D eigenvalue weighted by Crippen LogP contribution is 2.23. The lowest BCUT2D eigenvalue weighted by molar-refractivity contribution is -0.134. The largest absolute Gasteiger partial charge is 0.389 e. The quantitative estimate of drug-likeness (QED) is 0.538. The summed E-state index contributed by atoms with van der Waals surface area (Å²) in [5, 5.41) is 0. The molecule has 4 heteroatoms. The van der Waals surface area contributed by atoms with Crippen LogP contribution < -0.4 is 0 Å². The van der Waals surface area contributed by atoms with E-state index in [0.717, 1.165) is 6.08 Å². The number of allylic oxidation sites excluding steroid dienone is 2. The molecule has 0 nitrogen and oxygen atoms in total. The van der Waals surface area contributed by atoms with Gasteiger partial charge in [-0.25, -0.2) is 4.39 Å². The predicted molar refractivity (Wildman–Crippen MR) is 30.2 cm³/mol. The lowest BCUT2D eigenvalue weighted by Crippen LogP contribution is -2.06. The fourth-order valence-corrected chi connectivity index (χ4v) is 0.405. The smallest absolute Gasteiger partial charge is 0.212 e. The van der Waals surface area contributed by atoms with Crippen LogP contribution in [-0.4, -0.2) is 6.18 Å². The van der Waals surface area contributed by atoms with Crippen LogP contribution in [0.4, 0.5) is 17.6 Å². The molecule has 60 valence electrons. The van der Waals surface area contributed by atoms with Crippen LogP contribution in [0, 0.1) is 0 Å². The summed E-state index contributed by atoms with van der Waals surface area (Å²) < 4.78 is 46.1. The van der Waals surface area contributed by atoms with Gasteiger partial charge in [0.15, 0.2) is 0 Å². The fraction of sp³-hybridized carbons (Fsp3) is 0.667. The highest BCUT2D eigenvalue weighted by molar-refractivity contribution is 4.88. The second kappa shape index (κ2) is 3.58. The maximum Gasteiger partial charge on any atom is 0.389 e. The van der Waals surface area contributed by atoms with Gasteiger partial charge in [-0.2, -0.15) is 13.2 Å². The molecule has 0 atom stereocenters. The third-order valence-electron chi connectivity index (χ3n) is 0.961. The first kappa shape index (κ1) is 9.46. The predicted octanol–water partition coefficient (Wildman–Crippen LogP) is 3.20. The summed E-state index contributed by atoms with van der Waals surface area (Å²) in [5.41, 5.74) is 0. The molecule has 0 amide bonds. The Bertz CT molecular complexity index is 122. The van der Waals surface area contributed by atoms with E-state index in [9.17, 15) is 17.6 Å². The molecule has 0 spiro atoms. The van der Waals surface area contributed by atoms with E-state index >= 15 is 0 Å². The number of hydrogen-bond donors (Lipinski definition) is 0. The van der Waals surface area contributed by atoms with E-state index in [1.807, 2.05) is 0 Å². The molecule has 0 saturated heterocycles. The maximum absolute atomic E-state index is 12.0. The lowest BCUT2D eigenvalue weighted by Gasteiger charge is -2.02. The molecule has 0 rings (SSSR count). The van der Waals surface area contributed by atoms with Crippen molar-refractivity contribution in [2.75, 3.05) is 0 Å². The summed E-state index contributed by atoms with van der Waals surface area (Å²) in [4.78, 5) is 0. The second-order valence-corrected chi connectivity index (χ2v) is 1.85. The Hall–Kier alpha value is -0.540. The minimum absolute atomic E-state index is 0.542. The number of alkyl halides is 3. The lowest BCUT2D eigenvalue weighted by atomic mass is 10.3. The van der Waals surface area contributed by atoms with E-state index in [1.54, 1.807) is 0 Å². The van der Waals surface area contributed by atoms with Crippen molar-refractivity contribution in [1.29, 1.82) is 0 Å². The van der Waals surface area contributed by atoms with Crippen LogP contribution in [0.2, 0.25) is 0 Å². The molecule has 10 heavy (non-hydrogen) atoms. The van der Waals surface area contributed by atoms with Crippen molar-refractivity contribution in [3.05, 3.63) is 11.9 Å². The molecule has 0 aromatic carbocycles. The van der Waals surface area contributed by atoms with E-state index in [0.29, 0.717) is 0 Å². The van der Waals surface area contributed by atoms with Crippen molar-refractivity contribution >= 4 is 0 Å².